The largest absolute Gasteiger partial charge is 4.00 e. The van der Waals surface area contributed by atoms with Crippen LogP contribution in [0.1, 0.15) is 0 Å². The van der Waals surface area contributed by atoms with Crippen LogP contribution in [0.15, 0.2) is 48.5 Å². The van der Waals surface area contributed by atoms with E-state index in [2.05, 4.69) is 36.4 Å². The van der Waals surface area contributed by atoms with Crippen molar-refractivity contribution in [2.24, 2.45) is 0 Å². The van der Waals surface area contributed by atoms with Crippen molar-refractivity contribution in [3.63, 3.8) is 0 Å². The van der Waals surface area contributed by atoms with Crippen molar-refractivity contribution in [2.45, 2.75) is 0 Å². The van der Waals surface area contributed by atoms with Crippen LogP contribution in [0.4, 0.5) is 0 Å². The van der Waals surface area contributed by atoms with E-state index in [1.54, 1.807) is 0 Å². The summed E-state index contributed by atoms with van der Waals surface area (Å²) in [6.45, 7) is 0. The summed E-state index contributed by atoms with van der Waals surface area (Å²) in [5.41, 5.74) is 0. The molecule has 0 heterocycles. The first-order valence-electron chi connectivity index (χ1n) is 4.65. The third-order valence-corrected chi connectivity index (χ3v) is 2.47. The summed E-state index contributed by atoms with van der Waals surface area (Å²) in [6.07, 6.45) is 0. The Morgan fingerprint density at radius 1 is 0.647 bits per heavy atom. The van der Waals surface area contributed by atoms with Crippen molar-refractivity contribution in [3.05, 3.63) is 75.5 Å². The predicted octanol–water partition coefficient (Wildman–Crippen LogP) is 4.49. The van der Waals surface area contributed by atoms with Gasteiger partial charge in [-0.05, 0) is 0 Å². The van der Waals surface area contributed by atoms with Gasteiger partial charge in [-0.2, -0.15) is 35.0 Å². The molecule has 0 aliphatic heterocycles. The first-order valence-corrected chi connectivity index (χ1v) is 4.65. The maximum absolute atomic E-state index is 3.26. The predicted molar refractivity (Wildman–Crippen MR) is 72.0 cm³/mol. The van der Waals surface area contributed by atoms with Gasteiger partial charge in [0.25, 0.3) is 0 Å². The first-order chi connectivity index (χ1) is 6.95. The molecule has 0 aliphatic carbocycles. The fraction of sp³-hybridized carbons (Fsp3) is 0. The zero-order valence-corrected chi connectivity index (χ0v) is 12.2. The minimum Gasteiger partial charge on any atom is -0.358 e. The van der Waals surface area contributed by atoms with Gasteiger partial charge in [0.2, 0.25) is 0 Å². The van der Waals surface area contributed by atoms with Crippen LogP contribution in [0, 0.1) is 27.0 Å². The molecule has 0 radical (unpaired) electrons. The van der Waals surface area contributed by atoms with Crippen molar-refractivity contribution < 1.29 is 21.1 Å². The molecule has 0 spiro atoms. The van der Waals surface area contributed by atoms with Crippen LogP contribution in [0.25, 0.3) is 21.5 Å². The second-order valence-electron chi connectivity index (χ2n) is 3.33. The summed E-state index contributed by atoms with van der Waals surface area (Å²) in [4.78, 5) is 0. The fourth-order valence-corrected chi connectivity index (χ4v) is 1.79. The number of hydrogen-bond donors (Lipinski definition) is 0. The van der Waals surface area contributed by atoms with E-state index in [1.165, 1.54) is 10.8 Å². The Labute approximate surface area is 118 Å². The monoisotopic (exact) mass is 401 g/mol. The molecule has 0 nitrogen and oxygen atoms in total. The van der Waals surface area contributed by atoms with E-state index >= 15 is 0 Å². The van der Waals surface area contributed by atoms with Crippen LogP contribution >= 0.6 is 0 Å². The number of benzene rings is 3. The van der Waals surface area contributed by atoms with Crippen molar-refractivity contribution in [2.75, 3.05) is 0 Å². The Kier molecular flexibility index (Phi) is 6.13. The van der Waals surface area contributed by atoms with Crippen molar-refractivity contribution in [3.8, 4) is 0 Å². The summed E-state index contributed by atoms with van der Waals surface area (Å²) in [7, 11) is 0. The first kappa shape index (κ1) is 15.9. The van der Waals surface area contributed by atoms with E-state index in [9.17, 15) is 0 Å². The summed E-state index contributed by atoms with van der Waals surface area (Å²) in [5, 5.41) is 4.76. The van der Waals surface area contributed by atoms with Crippen LogP contribution in [0.2, 0.25) is 0 Å². The second-order valence-corrected chi connectivity index (χ2v) is 3.33. The molecule has 88 valence electrons. The molecule has 3 aromatic carbocycles. The minimum atomic E-state index is 0. The zero-order valence-electron chi connectivity index (χ0n) is 9.94. The maximum atomic E-state index is 3.26. The Bertz CT molecular complexity index is 544. The van der Waals surface area contributed by atoms with Gasteiger partial charge in [-0.1, -0.05) is 0 Å². The molecule has 0 saturated carbocycles. The Balaban J connectivity index is 0.000000853. The Morgan fingerprint density at radius 2 is 1.06 bits per heavy atom. The third-order valence-electron chi connectivity index (χ3n) is 2.47. The molecule has 1 heteroatoms. The van der Waals surface area contributed by atoms with Crippen LogP contribution in [-0.4, -0.2) is 0 Å². The van der Waals surface area contributed by atoms with Gasteiger partial charge >= 0.3 is 21.1 Å². The summed E-state index contributed by atoms with van der Waals surface area (Å²) < 4.78 is 0. The van der Waals surface area contributed by atoms with Gasteiger partial charge in [0, 0.05) is 0 Å². The van der Waals surface area contributed by atoms with Gasteiger partial charge < -0.3 is 14.9 Å². The quantitative estimate of drug-likeness (QED) is 0.385. The van der Waals surface area contributed by atoms with E-state index in [0.29, 0.717) is 0 Å². The molecule has 3 rings (SSSR count). The van der Waals surface area contributed by atoms with E-state index in [0.717, 1.165) is 10.8 Å². The Hall–Kier alpha value is -1.13. The summed E-state index contributed by atoms with van der Waals surface area (Å²) in [6, 6.07) is 22.9. The van der Waals surface area contributed by atoms with E-state index in [-0.39, 0.29) is 35.9 Å². The van der Waals surface area contributed by atoms with E-state index in [4.69, 9.17) is 0 Å². The van der Waals surface area contributed by atoms with E-state index in [1.807, 2.05) is 24.3 Å². The molecule has 0 aliphatic rings. The van der Waals surface area contributed by atoms with Gasteiger partial charge in [0.1, 0.15) is 0 Å². The normalized spacial score (nSPS) is 8.94. The molecule has 0 N–H and O–H groups in total. The molecule has 3 aromatic rings. The van der Waals surface area contributed by atoms with Crippen molar-refractivity contribution in [1.29, 1.82) is 0 Å². The third kappa shape index (κ3) is 2.76. The van der Waals surface area contributed by atoms with Gasteiger partial charge in [0.15, 0.2) is 0 Å². The van der Waals surface area contributed by atoms with Crippen LogP contribution in [0.5, 0.6) is 0 Å². The van der Waals surface area contributed by atoms with Crippen molar-refractivity contribution >= 4 is 21.5 Å². The minimum absolute atomic E-state index is 0. The Morgan fingerprint density at radius 3 is 1.47 bits per heavy atom. The second kappa shape index (κ2) is 6.57. The van der Waals surface area contributed by atoms with Gasteiger partial charge in [0.05, 0.1) is 0 Å². The standard InChI is InChI=1S/C14H8.2CH3.Pt/c1-3-7-13-11(5-1)9-10-12-6-2-4-8-14(12)13;;;/h1-6,9-10H;2*1H3;/q-2;2*-1;+4. The maximum Gasteiger partial charge on any atom is 4.00 e. The van der Waals surface area contributed by atoms with Crippen molar-refractivity contribution in [1.82, 2.24) is 0 Å². The molecule has 0 saturated heterocycles. The molecular formula is C16H14Pt. The SMILES string of the molecule is [CH3-].[CH3-].[Pt+4].[c-]1cccc2ccc3ccc[c-]c3c12. The number of fused-ring (bicyclic) bond motifs is 3. The van der Waals surface area contributed by atoms with Crippen LogP contribution < -0.4 is 0 Å². The number of hydrogen-bond acceptors (Lipinski definition) is 0. The average molecular weight is 401 g/mol. The van der Waals surface area contributed by atoms with Crippen LogP contribution in [-0.2, 0) is 21.1 Å². The van der Waals surface area contributed by atoms with E-state index < -0.39 is 0 Å². The zero-order chi connectivity index (χ0) is 9.38. The average Bonchev–Trinajstić information content (AvgIpc) is 2.29. The molecule has 0 bridgehead atoms. The molecule has 0 atom stereocenters. The summed E-state index contributed by atoms with van der Waals surface area (Å²) >= 11 is 0. The van der Waals surface area contributed by atoms with Crippen LogP contribution in [0.3, 0.4) is 0 Å². The molecule has 0 aromatic heterocycles. The fourth-order valence-electron chi connectivity index (χ4n) is 1.79. The number of rotatable bonds is 0. The van der Waals surface area contributed by atoms with Gasteiger partial charge in [-0.25, -0.2) is 10.8 Å². The molecule has 0 amide bonds. The van der Waals surface area contributed by atoms with Gasteiger partial charge in [-0.15, -0.1) is 36.4 Å². The molecule has 17 heavy (non-hydrogen) atoms. The molecular weight excluding hydrogens is 387 g/mol. The smallest absolute Gasteiger partial charge is 0.358 e. The molecule has 0 fully saturated rings. The molecule has 0 unspecified atom stereocenters. The van der Waals surface area contributed by atoms with Gasteiger partial charge in [-0.3, -0.25) is 0 Å². The topological polar surface area (TPSA) is 0 Å². The summed E-state index contributed by atoms with van der Waals surface area (Å²) in [5.74, 6) is 0.